The molecule has 26 heavy (non-hydrogen) atoms. The van der Waals surface area contributed by atoms with Gasteiger partial charge in [-0.1, -0.05) is 29.8 Å². The zero-order chi connectivity index (χ0) is 18.9. The van der Waals surface area contributed by atoms with E-state index in [1.165, 1.54) is 11.0 Å². The van der Waals surface area contributed by atoms with Crippen LogP contribution >= 0.6 is 11.6 Å². The van der Waals surface area contributed by atoms with E-state index in [2.05, 4.69) is 0 Å². The van der Waals surface area contributed by atoms with Crippen molar-refractivity contribution in [2.24, 2.45) is 0 Å². The third kappa shape index (κ3) is 4.04. The Labute approximate surface area is 152 Å². The first-order valence-corrected chi connectivity index (χ1v) is 8.20. The van der Waals surface area contributed by atoms with E-state index in [9.17, 15) is 18.0 Å². The van der Waals surface area contributed by atoms with E-state index in [0.717, 1.165) is 28.8 Å². The summed E-state index contributed by atoms with van der Waals surface area (Å²) in [6, 6.07) is 8.94. The highest BCUT2D eigenvalue weighted by Gasteiger charge is 2.33. The second-order valence-electron chi connectivity index (χ2n) is 5.99. The van der Waals surface area contributed by atoms with Crippen molar-refractivity contribution in [2.45, 2.75) is 25.7 Å². The Bertz CT molecular complexity index is 839. The van der Waals surface area contributed by atoms with Crippen LogP contribution in [-0.4, -0.2) is 22.6 Å². The van der Waals surface area contributed by atoms with Crippen LogP contribution in [0.2, 0.25) is 5.02 Å². The van der Waals surface area contributed by atoms with E-state index in [1.807, 2.05) is 12.1 Å². The van der Waals surface area contributed by atoms with E-state index < -0.39 is 17.8 Å². The molecule has 0 atom stereocenters. The first kappa shape index (κ1) is 18.4. The van der Waals surface area contributed by atoms with Gasteiger partial charge in [-0.25, -0.2) is 4.79 Å². The maximum absolute atomic E-state index is 12.9. The van der Waals surface area contributed by atoms with Gasteiger partial charge in [0.15, 0.2) is 0 Å². The Morgan fingerprint density at radius 3 is 2.65 bits per heavy atom. The number of alkyl halides is 3. The fraction of sp³-hybridized carbons (Fsp3) is 0.278. The van der Waals surface area contributed by atoms with Crippen LogP contribution in [0.15, 0.2) is 36.4 Å². The highest BCUT2D eigenvalue weighted by Crippen LogP contribution is 2.36. The largest absolute Gasteiger partial charge is 0.489 e. The molecule has 0 unspecified atom stereocenters. The number of nitrogens with zero attached hydrogens (tertiary/aromatic N) is 1. The summed E-state index contributed by atoms with van der Waals surface area (Å²) in [5.74, 6) is 0.0801. The number of hydrogen-bond donors (Lipinski definition) is 1. The van der Waals surface area contributed by atoms with Crippen LogP contribution in [0.1, 0.15) is 22.3 Å². The van der Waals surface area contributed by atoms with Gasteiger partial charge in [-0.15, -0.1) is 0 Å². The average Bonchev–Trinajstić information content (AvgIpc) is 2.59. The SMILES string of the molecule is O=C(O)N1CCc2cc(COc3ccc(Cl)c(C(F)(F)F)c3)ccc2C1. The van der Waals surface area contributed by atoms with Crippen LogP contribution in [0.4, 0.5) is 18.0 Å². The average molecular weight is 386 g/mol. The summed E-state index contributed by atoms with van der Waals surface area (Å²) in [4.78, 5) is 12.4. The summed E-state index contributed by atoms with van der Waals surface area (Å²) in [5, 5.41) is 8.67. The van der Waals surface area contributed by atoms with Gasteiger partial charge in [-0.2, -0.15) is 13.2 Å². The third-order valence-electron chi connectivity index (χ3n) is 4.20. The third-order valence-corrected chi connectivity index (χ3v) is 4.53. The van der Waals surface area contributed by atoms with Crippen LogP contribution in [-0.2, 0) is 25.7 Å². The second kappa shape index (κ2) is 7.07. The summed E-state index contributed by atoms with van der Waals surface area (Å²) >= 11 is 5.59. The van der Waals surface area contributed by atoms with Gasteiger partial charge in [-0.3, -0.25) is 0 Å². The monoisotopic (exact) mass is 385 g/mol. The topological polar surface area (TPSA) is 49.8 Å². The Morgan fingerprint density at radius 1 is 1.19 bits per heavy atom. The van der Waals surface area contributed by atoms with Crippen LogP contribution in [0.25, 0.3) is 0 Å². The number of carbonyl (C=O) groups is 1. The number of ether oxygens (including phenoxy) is 1. The second-order valence-corrected chi connectivity index (χ2v) is 6.39. The van der Waals surface area contributed by atoms with Gasteiger partial charge in [0.05, 0.1) is 10.6 Å². The lowest BCUT2D eigenvalue weighted by atomic mass is 9.98. The van der Waals surface area contributed by atoms with Crippen LogP contribution in [0.5, 0.6) is 5.75 Å². The molecule has 0 spiro atoms. The number of amides is 1. The van der Waals surface area contributed by atoms with E-state index in [4.69, 9.17) is 21.4 Å². The van der Waals surface area contributed by atoms with Gasteiger partial charge in [-0.05, 0) is 41.3 Å². The lowest BCUT2D eigenvalue weighted by molar-refractivity contribution is -0.137. The Kier molecular flexibility index (Phi) is 5.00. The van der Waals surface area contributed by atoms with Crippen molar-refractivity contribution in [2.75, 3.05) is 6.54 Å². The molecule has 1 N–H and O–H groups in total. The van der Waals surface area contributed by atoms with Gasteiger partial charge < -0.3 is 14.7 Å². The molecule has 0 fully saturated rings. The fourth-order valence-electron chi connectivity index (χ4n) is 2.84. The van der Waals surface area contributed by atoms with E-state index in [-0.39, 0.29) is 17.4 Å². The summed E-state index contributed by atoms with van der Waals surface area (Å²) in [6.45, 7) is 0.853. The normalized spacial score (nSPS) is 14.1. The molecule has 2 aromatic rings. The molecule has 0 aliphatic carbocycles. The zero-order valence-corrected chi connectivity index (χ0v) is 14.3. The molecule has 1 aliphatic rings. The molecular weight excluding hydrogens is 371 g/mol. The molecule has 3 rings (SSSR count). The van der Waals surface area contributed by atoms with Crippen molar-refractivity contribution in [3.63, 3.8) is 0 Å². The van der Waals surface area contributed by atoms with Crippen molar-refractivity contribution in [1.29, 1.82) is 0 Å². The van der Waals surface area contributed by atoms with Crippen molar-refractivity contribution < 1.29 is 27.8 Å². The highest BCUT2D eigenvalue weighted by molar-refractivity contribution is 6.31. The molecule has 2 aromatic carbocycles. The highest BCUT2D eigenvalue weighted by atomic mass is 35.5. The van der Waals surface area contributed by atoms with E-state index >= 15 is 0 Å². The molecular formula is C18H15ClF3NO3. The predicted molar refractivity (Wildman–Crippen MR) is 89.4 cm³/mol. The molecule has 138 valence electrons. The maximum atomic E-state index is 12.9. The lowest BCUT2D eigenvalue weighted by Crippen LogP contribution is -2.34. The maximum Gasteiger partial charge on any atom is 0.417 e. The zero-order valence-electron chi connectivity index (χ0n) is 13.5. The molecule has 0 radical (unpaired) electrons. The van der Waals surface area contributed by atoms with Gasteiger partial charge in [0.1, 0.15) is 12.4 Å². The Hall–Kier alpha value is -2.41. The number of hydrogen-bond acceptors (Lipinski definition) is 2. The van der Waals surface area contributed by atoms with Crippen molar-refractivity contribution in [1.82, 2.24) is 4.90 Å². The first-order valence-electron chi connectivity index (χ1n) is 7.82. The van der Waals surface area contributed by atoms with Crippen LogP contribution < -0.4 is 4.74 Å². The molecule has 0 saturated heterocycles. The number of rotatable bonds is 3. The number of halogens is 4. The van der Waals surface area contributed by atoms with Gasteiger partial charge >= 0.3 is 12.3 Å². The van der Waals surface area contributed by atoms with Crippen LogP contribution in [0.3, 0.4) is 0 Å². The van der Waals surface area contributed by atoms with Crippen molar-refractivity contribution in [3.8, 4) is 5.75 Å². The summed E-state index contributed by atoms with van der Waals surface area (Å²) < 4.78 is 44.1. The van der Waals surface area contributed by atoms with E-state index in [1.54, 1.807) is 6.07 Å². The van der Waals surface area contributed by atoms with Crippen molar-refractivity contribution >= 4 is 17.7 Å². The fourth-order valence-corrected chi connectivity index (χ4v) is 3.06. The predicted octanol–water partition coefficient (Wildman–Crippen LogP) is 4.97. The molecule has 1 heterocycles. The van der Waals surface area contributed by atoms with E-state index in [0.29, 0.717) is 19.5 Å². The van der Waals surface area contributed by atoms with Gasteiger partial charge in [0.25, 0.3) is 0 Å². The molecule has 0 saturated carbocycles. The number of fused-ring (bicyclic) bond motifs is 1. The molecule has 1 aliphatic heterocycles. The van der Waals surface area contributed by atoms with Gasteiger partial charge in [0.2, 0.25) is 0 Å². The smallest absolute Gasteiger partial charge is 0.417 e. The summed E-state index contributed by atoms with van der Waals surface area (Å²) in [7, 11) is 0. The Morgan fingerprint density at radius 2 is 1.96 bits per heavy atom. The molecule has 0 aromatic heterocycles. The first-order chi connectivity index (χ1) is 12.2. The standard InChI is InChI=1S/C18H15ClF3NO3/c19-16-4-3-14(8-15(16)18(20,21)22)26-10-11-1-2-13-9-23(17(24)25)6-5-12(13)7-11/h1-4,7-8H,5-6,9-10H2,(H,24,25). The summed E-state index contributed by atoms with van der Waals surface area (Å²) in [5.41, 5.74) is 1.82. The minimum Gasteiger partial charge on any atom is -0.489 e. The molecule has 1 amide bonds. The summed E-state index contributed by atoms with van der Waals surface area (Å²) in [6.07, 6.45) is -4.90. The number of carboxylic acid groups (broad SMARTS) is 1. The number of benzene rings is 2. The quantitative estimate of drug-likeness (QED) is 0.811. The van der Waals surface area contributed by atoms with Crippen molar-refractivity contribution in [3.05, 3.63) is 63.7 Å². The lowest BCUT2D eigenvalue weighted by Gasteiger charge is -2.26. The van der Waals surface area contributed by atoms with Crippen LogP contribution in [0, 0.1) is 0 Å². The minimum absolute atomic E-state index is 0.0801. The minimum atomic E-state index is -4.54. The molecule has 0 bridgehead atoms. The molecule has 4 nitrogen and oxygen atoms in total. The van der Waals surface area contributed by atoms with Gasteiger partial charge in [0, 0.05) is 13.1 Å². The Balaban J connectivity index is 1.71. The molecule has 8 heteroatoms.